The molecule has 1 amide bonds. The van der Waals surface area contributed by atoms with Crippen LogP contribution >= 0.6 is 24.8 Å². The predicted octanol–water partition coefficient (Wildman–Crippen LogP) is 1.77. The Kier molecular flexibility index (Phi) is 4.40. The number of fused-ring (bicyclic) bond motifs is 1. The van der Waals surface area contributed by atoms with E-state index in [1.54, 1.807) is 24.5 Å². The average Bonchev–Trinajstić information content (AvgIpc) is 2.46. The van der Waals surface area contributed by atoms with Crippen molar-refractivity contribution in [2.75, 3.05) is 0 Å². The van der Waals surface area contributed by atoms with Crippen LogP contribution in [0.4, 0.5) is 0 Å². The normalized spacial score (nSPS) is 8.86. The molecule has 0 aliphatic heterocycles. The quantitative estimate of drug-likeness (QED) is 0.818. The van der Waals surface area contributed by atoms with Gasteiger partial charge in [-0.05, 0) is 12.1 Å². The van der Waals surface area contributed by atoms with Crippen molar-refractivity contribution >= 4 is 41.7 Å². The molecule has 0 aliphatic rings. The molecular weight excluding hydrogens is 227 g/mol. The van der Waals surface area contributed by atoms with Crippen molar-refractivity contribution in [2.24, 2.45) is 5.73 Å². The maximum Gasteiger partial charge on any atom is 0.284 e. The number of carbonyl (C=O) groups is 1. The fraction of sp³-hybridized carbons (Fsp3) is 0. The first-order valence-electron chi connectivity index (χ1n) is 3.41. The lowest BCUT2D eigenvalue weighted by Crippen LogP contribution is -2.08. The molecule has 0 spiro atoms. The van der Waals surface area contributed by atoms with E-state index >= 15 is 0 Å². The Morgan fingerprint density at radius 2 is 2.14 bits per heavy atom. The summed E-state index contributed by atoms with van der Waals surface area (Å²) in [7, 11) is 0. The number of carbonyl (C=O) groups excluding carboxylic acids is 1. The first-order chi connectivity index (χ1) is 5.77. The van der Waals surface area contributed by atoms with Gasteiger partial charge >= 0.3 is 0 Å². The van der Waals surface area contributed by atoms with Crippen molar-refractivity contribution in [2.45, 2.75) is 0 Å². The maximum absolute atomic E-state index is 10.7. The highest BCUT2D eigenvalue weighted by Gasteiger charge is 2.07. The van der Waals surface area contributed by atoms with Crippen molar-refractivity contribution < 1.29 is 9.21 Å². The zero-order valence-corrected chi connectivity index (χ0v) is 8.60. The molecular formula is C8H8Cl2N2O2. The van der Waals surface area contributed by atoms with Gasteiger partial charge in [0.2, 0.25) is 0 Å². The minimum Gasteiger partial charge on any atom is -0.449 e. The number of primary amides is 1. The van der Waals surface area contributed by atoms with Gasteiger partial charge in [-0.15, -0.1) is 24.8 Å². The molecule has 14 heavy (non-hydrogen) atoms. The number of hydrogen-bond donors (Lipinski definition) is 1. The van der Waals surface area contributed by atoms with E-state index in [0.29, 0.717) is 5.58 Å². The summed E-state index contributed by atoms with van der Waals surface area (Å²) in [4.78, 5) is 14.5. The molecule has 2 rings (SSSR count). The third-order valence-corrected chi connectivity index (χ3v) is 1.57. The van der Waals surface area contributed by atoms with Crippen LogP contribution in [-0.4, -0.2) is 10.9 Å². The highest BCUT2D eigenvalue weighted by Crippen LogP contribution is 2.16. The number of aromatic nitrogens is 1. The van der Waals surface area contributed by atoms with Crippen molar-refractivity contribution in [3.63, 3.8) is 0 Å². The molecule has 0 aromatic carbocycles. The van der Waals surface area contributed by atoms with Crippen molar-refractivity contribution in [1.29, 1.82) is 0 Å². The van der Waals surface area contributed by atoms with Gasteiger partial charge in [-0.1, -0.05) is 0 Å². The molecule has 2 N–H and O–H groups in total. The van der Waals surface area contributed by atoms with Gasteiger partial charge in [-0.3, -0.25) is 9.78 Å². The molecule has 2 heterocycles. The first-order valence-corrected chi connectivity index (χ1v) is 3.41. The van der Waals surface area contributed by atoms with Gasteiger partial charge in [0.05, 0.1) is 6.20 Å². The lowest BCUT2D eigenvalue weighted by atomic mass is 10.3. The smallest absolute Gasteiger partial charge is 0.284 e. The van der Waals surface area contributed by atoms with E-state index in [0.717, 1.165) is 5.39 Å². The molecule has 0 saturated carbocycles. The maximum atomic E-state index is 10.7. The average molecular weight is 235 g/mol. The summed E-state index contributed by atoms with van der Waals surface area (Å²) in [5, 5.41) is 0.832. The number of nitrogens with zero attached hydrogens (tertiary/aromatic N) is 1. The fourth-order valence-electron chi connectivity index (χ4n) is 1.01. The van der Waals surface area contributed by atoms with Gasteiger partial charge in [0, 0.05) is 11.6 Å². The van der Waals surface area contributed by atoms with Gasteiger partial charge in [0.15, 0.2) is 11.3 Å². The Balaban J connectivity index is 0.000000845. The molecule has 4 nitrogen and oxygen atoms in total. The molecule has 2 aromatic heterocycles. The van der Waals surface area contributed by atoms with E-state index < -0.39 is 5.91 Å². The minimum atomic E-state index is -0.564. The number of rotatable bonds is 1. The zero-order chi connectivity index (χ0) is 8.55. The molecule has 0 fully saturated rings. The number of pyridine rings is 1. The summed E-state index contributed by atoms with van der Waals surface area (Å²) in [5.74, 6) is -0.399. The lowest BCUT2D eigenvalue weighted by Gasteiger charge is -1.83. The van der Waals surface area contributed by atoms with Crippen LogP contribution in [0.1, 0.15) is 10.6 Å². The summed E-state index contributed by atoms with van der Waals surface area (Å²) < 4.78 is 5.09. The van der Waals surface area contributed by atoms with Crippen molar-refractivity contribution in [3.05, 3.63) is 30.3 Å². The Bertz CT molecular complexity index is 409. The Hall–Kier alpha value is -1.26. The number of furan rings is 1. The van der Waals surface area contributed by atoms with E-state index in [1.165, 1.54) is 0 Å². The Labute approximate surface area is 92.3 Å². The first kappa shape index (κ1) is 12.7. The summed E-state index contributed by atoms with van der Waals surface area (Å²) >= 11 is 0. The van der Waals surface area contributed by atoms with E-state index in [4.69, 9.17) is 10.2 Å². The Morgan fingerprint density at radius 3 is 2.71 bits per heavy atom. The molecule has 2 aromatic rings. The van der Waals surface area contributed by atoms with Gasteiger partial charge in [0.25, 0.3) is 5.91 Å². The molecule has 0 atom stereocenters. The minimum absolute atomic E-state index is 0. The van der Waals surface area contributed by atoms with Crippen molar-refractivity contribution in [3.8, 4) is 0 Å². The van der Waals surface area contributed by atoms with Crippen LogP contribution in [0.15, 0.2) is 28.9 Å². The highest BCUT2D eigenvalue weighted by atomic mass is 35.5. The molecule has 0 saturated heterocycles. The van der Waals surface area contributed by atoms with Gasteiger partial charge < -0.3 is 10.2 Å². The van der Waals surface area contributed by atoms with E-state index in [-0.39, 0.29) is 30.6 Å². The van der Waals surface area contributed by atoms with Crippen LogP contribution < -0.4 is 5.73 Å². The lowest BCUT2D eigenvalue weighted by molar-refractivity contribution is 0.0976. The second kappa shape index (κ2) is 4.83. The summed E-state index contributed by atoms with van der Waals surface area (Å²) in [5.41, 5.74) is 5.60. The van der Waals surface area contributed by atoms with E-state index in [2.05, 4.69) is 4.98 Å². The van der Waals surface area contributed by atoms with Crippen molar-refractivity contribution in [1.82, 2.24) is 4.98 Å². The Morgan fingerprint density at radius 1 is 1.43 bits per heavy atom. The molecule has 0 bridgehead atoms. The molecule has 0 unspecified atom stereocenters. The van der Waals surface area contributed by atoms with Gasteiger partial charge in [0.1, 0.15) is 0 Å². The third-order valence-electron chi connectivity index (χ3n) is 1.57. The highest BCUT2D eigenvalue weighted by molar-refractivity contribution is 5.94. The fourth-order valence-corrected chi connectivity index (χ4v) is 1.01. The SMILES string of the molecule is Cl.Cl.NC(=O)c1cc2ccncc2o1. The van der Waals surface area contributed by atoms with Crippen LogP contribution in [0.3, 0.4) is 0 Å². The number of amides is 1. The monoisotopic (exact) mass is 234 g/mol. The molecule has 0 aliphatic carbocycles. The zero-order valence-electron chi connectivity index (χ0n) is 6.97. The summed E-state index contributed by atoms with van der Waals surface area (Å²) in [6.07, 6.45) is 3.17. The van der Waals surface area contributed by atoms with Crippen LogP contribution in [0, 0.1) is 0 Å². The van der Waals surface area contributed by atoms with Crippen LogP contribution in [0.2, 0.25) is 0 Å². The number of nitrogens with two attached hydrogens (primary N) is 1. The summed E-state index contributed by atoms with van der Waals surface area (Å²) in [6, 6.07) is 3.35. The standard InChI is InChI=1S/C8H6N2O2.2ClH/c9-8(11)6-3-5-1-2-10-4-7(5)12-6;;/h1-4H,(H2,9,11);2*1H. The van der Waals surface area contributed by atoms with Gasteiger partial charge in [-0.25, -0.2) is 0 Å². The molecule has 76 valence electrons. The second-order valence-corrected chi connectivity index (χ2v) is 2.39. The van der Waals surface area contributed by atoms with Gasteiger partial charge in [-0.2, -0.15) is 0 Å². The van der Waals surface area contributed by atoms with Crippen LogP contribution in [0.5, 0.6) is 0 Å². The number of hydrogen-bond acceptors (Lipinski definition) is 3. The second-order valence-electron chi connectivity index (χ2n) is 2.39. The summed E-state index contributed by atoms with van der Waals surface area (Å²) in [6.45, 7) is 0. The molecule has 0 radical (unpaired) electrons. The third kappa shape index (κ3) is 2.16. The van der Waals surface area contributed by atoms with E-state index in [1.807, 2.05) is 0 Å². The van der Waals surface area contributed by atoms with E-state index in [9.17, 15) is 4.79 Å². The predicted molar refractivity (Wildman–Crippen MR) is 57.0 cm³/mol. The number of halogens is 2. The van der Waals surface area contributed by atoms with Crippen LogP contribution in [0.25, 0.3) is 11.0 Å². The van der Waals surface area contributed by atoms with Crippen LogP contribution in [-0.2, 0) is 0 Å². The molecule has 6 heteroatoms. The topological polar surface area (TPSA) is 69.1 Å². The largest absolute Gasteiger partial charge is 0.449 e.